The van der Waals surface area contributed by atoms with E-state index < -0.39 is 0 Å². The molecule has 3 heteroatoms. The van der Waals surface area contributed by atoms with Gasteiger partial charge in [0.05, 0.1) is 0 Å². The van der Waals surface area contributed by atoms with Crippen molar-refractivity contribution in [2.45, 2.75) is 39.7 Å². The van der Waals surface area contributed by atoms with Gasteiger partial charge in [0.1, 0.15) is 5.60 Å². The van der Waals surface area contributed by atoms with E-state index in [2.05, 4.69) is 12.2 Å². The van der Waals surface area contributed by atoms with Crippen molar-refractivity contribution in [2.75, 3.05) is 13.1 Å². The second-order valence-electron chi connectivity index (χ2n) is 5.19. The van der Waals surface area contributed by atoms with Crippen molar-refractivity contribution in [2.24, 2.45) is 11.8 Å². The molecule has 0 aromatic carbocycles. The minimum atomic E-state index is -0.355. The summed E-state index contributed by atoms with van der Waals surface area (Å²) in [4.78, 5) is 11.5. The van der Waals surface area contributed by atoms with E-state index in [1.165, 1.54) is 0 Å². The lowest BCUT2D eigenvalue weighted by Gasteiger charge is -2.21. The predicted molar refractivity (Wildman–Crippen MR) is 56.0 cm³/mol. The van der Waals surface area contributed by atoms with Crippen LogP contribution in [-0.4, -0.2) is 24.7 Å². The van der Waals surface area contributed by atoms with Gasteiger partial charge in [0.2, 0.25) is 0 Å². The van der Waals surface area contributed by atoms with Crippen molar-refractivity contribution >= 4 is 5.97 Å². The molecule has 0 aromatic heterocycles. The zero-order valence-electron chi connectivity index (χ0n) is 9.59. The monoisotopic (exact) mass is 199 g/mol. The maximum Gasteiger partial charge on any atom is 0.306 e. The lowest BCUT2D eigenvalue weighted by Crippen LogP contribution is -2.26. The number of ether oxygens (including phenoxy) is 1. The quantitative estimate of drug-likeness (QED) is 0.686. The van der Waals surface area contributed by atoms with Crippen LogP contribution in [0.15, 0.2) is 0 Å². The van der Waals surface area contributed by atoms with Crippen molar-refractivity contribution in [3.8, 4) is 0 Å². The Morgan fingerprint density at radius 2 is 2.07 bits per heavy atom. The first-order valence-corrected chi connectivity index (χ1v) is 5.31. The maximum absolute atomic E-state index is 11.5. The lowest BCUT2D eigenvalue weighted by molar-refractivity contribution is -0.156. The fourth-order valence-electron chi connectivity index (χ4n) is 1.73. The van der Waals surface area contributed by atoms with E-state index in [1.54, 1.807) is 0 Å². The minimum absolute atomic E-state index is 0.0712. The van der Waals surface area contributed by atoms with Crippen LogP contribution >= 0.6 is 0 Å². The highest BCUT2D eigenvalue weighted by atomic mass is 16.6. The summed E-state index contributed by atoms with van der Waals surface area (Å²) in [6.45, 7) is 9.85. The highest BCUT2D eigenvalue weighted by Gasteiger charge is 2.27. The maximum atomic E-state index is 11.5. The molecule has 1 saturated heterocycles. The SMILES string of the molecule is C[C@H]1CNC[C@H]1CC(=O)OC(C)(C)C. The Kier molecular flexibility index (Phi) is 3.53. The number of hydrogen-bond acceptors (Lipinski definition) is 3. The molecule has 0 radical (unpaired) electrons. The number of carbonyl (C=O) groups excluding carboxylic acids is 1. The van der Waals surface area contributed by atoms with Gasteiger partial charge >= 0.3 is 5.97 Å². The first kappa shape index (κ1) is 11.5. The Balaban J connectivity index is 2.33. The third-order valence-corrected chi connectivity index (χ3v) is 2.53. The molecular weight excluding hydrogens is 178 g/mol. The van der Waals surface area contributed by atoms with E-state index in [1.807, 2.05) is 20.8 Å². The molecule has 82 valence electrons. The molecule has 0 spiro atoms. The summed E-state index contributed by atoms with van der Waals surface area (Å²) in [5.74, 6) is 0.963. The van der Waals surface area contributed by atoms with Crippen LogP contribution in [0.5, 0.6) is 0 Å². The fraction of sp³-hybridized carbons (Fsp3) is 0.909. The third kappa shape index (κ3) is 3.66. The number of rotatable bonds is 2. The summed E-state index contributed by atoms with van der Waals surface area (Å²) in [6.07, 6.45) is 0.547. The molecule has 0 unspecified atom stereocenters. The number of esters is 1. The molecule has 1 fully saturated rings. The van der Waals surface area contributed by atoms with Crippen molar-refractivity contribution in [1.82, 2.24) is 5.32 Å². The van der Waals surface area contributed by atoms with E-state index in [0.29, 0.717) is 18.3 Å². The van der Waals surface area contributed by atoms with Gasteiger partial charge in [0.15, 0.2) is 0 Å². The number of hydrogen-bond donors (Lipinski definition) is 1. The first-order chi connectivity index (χ1) is 6.38. The van der Waals surface area contributed by atoms with Crippen molar-refractivity contribution in [1.29, 1.82) is 0 Å². The van der Waals surface area contributed by atoms with Crippen LogP contribution in [0.4, 0.5) is 0 Å². The van der Waals surface area contributed by atoms with Gasteiger partial charge in [-0.15, -0.1) is 0 Å². The average Bonchev–Trinajstić information content (AvgIpc) is 2.32. The summed E-state index contributed by atoms with van der Waals surface area (Å²) >= 11 is 0. The van der Waals surface area contributed by atoms with E-state index in [9.17, 15) is 4.79 Å². The molecule has 2 atom stereocenters. The average molecular weight is 199 g/mol. The van der Waals surface area contributed by atoms with Crippen molar-refractivity contribution in [3.05, 3.63) is 0 Å². The standard InChI is InChI=1S/C11H21NO2/c1-8-6-12-7-9(8)5-10(13)14-11(2,3)4/h8-9,12H,5-7H2,1-4H3/t8-,9+/m0/s1. The fourth-order valence-corrected chi connectivity index (χ4v) is 1.73. The summed E-state index contributed by atoms with van der Waals surface area (Å²) in [7, 11) is 0. The van der Waals surface area contributed by atoms with Gasteiger partial charge in [0, 0.05) is 6.42 Å². The van der Waals surface area contributed by atoms with Crippen LogP contribution in [0.25, 0.3) is 0 Å². The van der Waals surface area contributed by atoms with Crippen LogP contribution < -0.4 is 5.32 Å². The molecule has 1 aliphatic heterocycles. The molecule has 0 saturated carbocycles. The Hall–Kier alpha value is -0.570. The van der Waals surface area contributed by atoms with Crippen LogP contribution in [0.2, 0.25) is 0 Å². The van der Waals surface area contributed by atoms with Crippen LogP contribution in [-0.2, 0) is 9.53 Å². The molecule has 1 heterocycles. The molecule has 0 amide bonds. The Labute approximate surface area is 86.2 Å². The van der Waals surface area contributed by atoms with Crippen molar-refractivity contribution < 1.29 is 9.53 Å². The van der Waals surface area contributed by atoms with Crippen molar-refractivity contribution in [3.63, 3.8) is 0 Å². The molecule has 14 heavy (non-hydrogen) atoms. The topological polar surface area (TPSA) is 38.3 Å². The van der Waals surface area contributed by atoms with Gasteiger partial charge in [0.25, 0.3) is 0 Å². The second kappa shape index (κ2) is 4.30. The molecule has 1 rings (SSSR count). The summed E-state index contributed by atoms with van der Waals surface area (Å²) < 4.78 is 5.28. The van der Waals surface area contributed by atoms with Crippen LogP contribution in [0, 0.1) is 11.8 Å². The Morgan fingerprint density at radius 3 is 2.50 bits per heavy atom. The normalized spacial score (nSPS) is 27.7. The number of carbonyl (C=O) groups is 1. The summed E-state index contributed by atoms with van der Waals surface area (Å²) in [5, 5.41) is 3.28. The van der Waals surface area contributed by atoms with Gasteiger partial charge in [-0.25, -0.2) is 0 Å². The van der Waals surface area contributed by atoms with Crippen LogP contribution in [0.3, 0.4) is 0 Å². The first-order valence-electron chi connectivity index (χ1n) is 5.31. The van der Waals surface area contributed by atoms with Gasteiger partial charge < -0.3 is 10.1 Å². The summed E-state index contributed by atoms with van der Waals surface area (Å²) in [5.41, 5.74) is -0.355. The molecule has 3 nitrogen and oxygen atoms in total. The van der Waals surface area contributed by atoms with E-state index in [0.717, 1.165) is 13.1 Å². The zero-order valence-corrected chi connectivity index (χ0v) is 9.59. The largest absolute Gasteiger partial charge is 0.460 e. The third-order valence-electron chi connectivity index (χ3n) is 2.53. The zero-order chi connectivity index (χ0) is 10.8. The minimum Gasteiger partial charge on any atom is -0.460 e. The van der Waals surface area contributed by atoms with E-state index >= 15 is 0 Å². The molecule has 0 aliphatic carbocycles. The Bertz CT molecular complexity index is 208. The van der Waals surface area contributed by atoms with Gasteiger partial charge in [-0.2, -0.15) is 0 Å². The smallest absolute Gasteiger partial charge is 0.306 e. The molecule has 0 bridgehead atoms. The molecular formula is C11H21NO2. The van der Waals surface area contributed by atoms with E-state index in [4.69, 9.17) is 4.74 Å². The lowest BCUT2D eigenvalue weighted by atomic mass is 9.95. The molecule has 1 aliphatic rings. The van der Waals surface area contributed by atoms with Gasteiger partial charge in [-0.05, 0) is 45.7 Å². The van der Waals surface area contributed by atoms with Gasteiger partial charge in [-0.1, -0.05) is 6.92 Å². The van der Waals surface area contributed by atoms with Gasteiger partial charge in [-0.3, -0.25) is 4.79 Å². The van der Waals surface area contributed by atoms with Crippen LogP contribution in [0.1, 0.15) is 34.1 Å². The molecule has 0 aromatic rings. The summed E-state index contributed by atoms with van der Waals surface area (Å²) in [6, 6.07) is 0. The number of nitrogens with one attached hydrogen (secondary N) is 1. The second-order valence-corrected chi connectivity index (χ2v) is 5.19. The predicted octanol–water partition coefficient (Wildman–Crippen LogP) is 1.57. The Morgan fingerprint density at radius 1 is 1.43 bits per heavy atom. The molecule has 1 N–H and O–H groups in total. The highest BCUT2D eigenvalue weighted by Crippen LogP contribution is 2.21. The highest BCUT2D eigenvalue weighted by molar-refractivity contribution is 5.70. The van der Waals surface area contributed by atoms with E-state index in [-0.39, 0.29) is 11.6 Å².